The van der Waals surface area contributed by atoms with Gasteiger partial charge in [0.2, 0.25) is 0 Å². The summed E-state index contributed by atoms with van der Waals surface area (Å²) in [5, 5.41) is 12.8. The van der Waals surface area contributed by atoms with E-state index in [0.29, 0.717) is 0 Å². The molecule has 9 heteroatoms. The Labute approximate surface area is 98.0 Å². The summed E-state index contributed by atoms with van der Waals surface area (Å²) < 4.78 is 75.1. The number of aliphatic hydroxyl groups is 1. The highest BCUT2D eigenvalue weighted by Gasteiger charge is 2.60. The molecule has 1 N–H and O–H groups in total. The van der Waals surface area contributed by atoms with E-state index in [1.165, 1.54) is 0 Å². The summed E-state index contributed by atoms with van der Waals surface area (Å²) in [7, 11) is 0. The first kappa shape index (κ1) is 14.8. The SMILES string of the molecule is CCn1cc(C(O)C(C(F)(F)F)C(F)(F)F)cn1. The first-order chi connectivity index (χ1) is 8.07. The standard InChI is InChI=1S/C9H10F6N2O/c1-2-17-4-5(3-16-17)6(18)7(8(10,11)12)9(13,14)15/h3-4,6-7,18H,2H2,1H3. The van der Waals surface area contributed by atoms with Crippen molar-refractivity contribution in [3.63, 3.8) is 0 Å². The van der Waals surface area contributed by atoms with E-state index in [0.717, 1.165) is 17.1 Å². The second kappa shape index (κ2) is 4.79. The molecule has 0 spiro atoms. The smallest absolute Gasteiger partial charge is 0.387 e. The first-order valence-electron chi connectivity index (χ1n) is 4.91. The summed E-state index contributed by atoms with van der Waals surface area (Å²) >= 11 is 0. The minimum atomic E-state index is -5.58. The van der Waals surface area contributed by atoms with E-state index in [9.17, 15) is 31.4 Å². The van der Waals surface area contributed by atoms with Crippen molar-refractivity contribution in [2.75, 3.05) is 0 Å². The van der Waals surface area contributed by atoms with Crippen molar-refractivity contribution in [2.45, 2.75) is 31.9 Å². The molecule has 1 aromatic rings. The first-order valence-corrected chi connectivity index (χ1v) is 4.91. The zero-order chi connectivity index (χ0) is 14.1. The molecule has 3 nitrogen and oxygen atoms in total. The molecule has 0 aliphatic heterocycles. The highest BCUT2D eigenvalue weighted by atomic mass is 19.4. The Morgan fingerprint density at radius 3 is 2.06 bits per heavy atom. The quantitative estimate of drug-likeness (QED) is 0.862. The number of aromatic nitrogens is 2. The number of halogens is 6. The minimum Gasteiger partial charge on any atom is -0.387 e. The highest BCUT2D eigenvalue weighted by Crippen LogP contribution is 2.46. The fraction of sp³-hybridized carbons (Fsp3) is 0.667. The van der Waals surface area contributed by atoms with Gasteiger partial charge >= 0.3 is 12.4 Å². The average molecular weight is 276 g/mol. The molecule has 0 amide bonds. The van der Waals surface area contributed by atoms with Crippen LogP contribution in [0.2, 0.25) is 0 Å². The lowest BCUT2D eigenvalue weighted by Crippen LogP contribution is -2.40. The lowest BCUT2D eigenvalue weighted by atomic mass is 9.97. The van der Waals surface area contributed by atoms with Crippen molar-refractivity contribution in [1.29, 1.82) is 0 Å². The number of aliphatic hydroxyl groups excluding tert-OH is 1. The molecule has 18 heavy (non-hydrogen) atoms. The van der Waals surface area contributed by atoms with Crippen molar-refractivity contribution >= 4 is 0 Å². The molecule has 0 bridgehead atoms. The molecular formula is C9H10F6N2O. The van der Waals surface area contributed by atoms with Gasteiger partial charge in [-0.3, -0.25) is 4.68 Å². The van der Waals surface area contributed by atoms with Crippen LogP contribution in [-0.4, -0.2) is 27.2 Å². The zero-order valence-electron chi connectivity index (χ0n) is 9.13. The van der Waals surface area contributed by atoms with Crippen LogP contribution in [0.3, 0.4) is 0 Å². The van der Waals surface area contributed by atoms with Crippen molar-refractivity contribution in [2.24, 2.45) is 5.92 Å². The van der Waals surface area contributed by atoms with Gasteiger partial charge in [0.15, 0.2) is 5.92 Å². The van der Waals surface area contributed by atoms with Crippen LogP contribution in [0.1, 0.15) is 18.6 Å². The molecule has 1 aromatic heterocycles. The van der Waals surface area contributed by atoms with Crippen molar-refractivity contribution < 1.29 is 31.4 Å². The molecule has 0 fully saturated rings. The number of alkyl halides is 6. The summed E-state index contributed by atoms with van der Waals surface area (Å²) in [6.07, 6.45) is -12.1. The molecule has 0 saturated heterocycles. The van der Waals surface area contributed by atoms with Crippen LogP contribution in [0, 0.1) is 5.92 Å². The second-order valence-corrected chi connectivity index (χ2v) is 3.64. The molecule has 1 rings (SSSR count). The van der Waals surface area contributed by atoms with Gasteiger partial charge in [-0.25, -0.2) is 0 Å². The summed E-state index contributed by atoms with van der Waals surface area (Å²) in [4.78, 5) is 0. The molecule has 1 unspecified atom stereocenters. The Balaban J connectivity index is 3.07. The van der Waals surface area contributed by atoms with Gasteiger partial charge in [0.05, 0.1) is 6.20 Å². The molecule has 0 radical (unpaired) electrons. The van der Waals surface area contributed by atoms with E-state index in [-0.39, 0.29) is 6.54 Å². The maximum Gasteiger partial charge on any atom is 0.403 e. The van der Waals surface area contributed by atoms with Crippen LogP contribution in [0.15, 0.2) is 12.4 Å². The van der Waals surface area contributed by atoms with E-state index in [4.69, 9.17) is 0 Å². The molecule has 0 aromatic carbocycles. The van der Waals surface area contributed by atoms with Crippen LogP contribution in [0.5, 0.6) is 0 Å². The average Bonchev–Trinajstić information content (AvgIpc) is 2.60. The molecular weight excluding hydrogens is 266 g/mol. The number of hydrogen-bond acceptors (Lipinski definition) is 2. The number of nitrogens with zero attached hydrogens (tertiary/aromatic N) is 2. The van der Waals surface area contributed by atoms with Gasteiger partial charge in [-0.15, -0.1) is 0 Å². The monoisotopic (exact) mass is 276 g/mol. The Morgan fingerprint density at radius 2 is 1.72 bits per heavy atom. The van der Waals surface area contributed by atoms with Gasteiger partial charge in [-0.05, 0) is 6.92 Å². The van der Waals surface area contributed by atoms with E-state index in [1.807, 2.05) is 0 Å². The predicted molar refractivity (Wildman–Crippen MR) is 48.5 cm³/mol. The third-order valence-electron chi connectivity index (χ3n) is 2.34. The van der Waals surface area contributed by atoms with Crippen LogP contribution in [0.25, 0.3) is 0 Å². The molecule has 1 heterocycles. The van der Waals surface area contributed by atoms with Gasteiger partial charge in [-0.2, -0.15) is 31.4 Å². The van der Waals surface area contributed by atoms with E-state index >= 15 is 0 Å². The summed E-state index contributed by atoms with van der Waals surface area (Å²) in [6, 6.07) is 0. The minimum absolute atomic E-state index is 0.273. The molecule has 0 aliphatic carbocycles. The molecule has 0 saturated carbocycles. The van der Waals surface area contributed by atoms with Gasteiger partial charge in [0.1, 0.15) is 6.10 Å². The van der Waals surface area contributed by atoms with E-state index in [2.05, 4.69) is 5.10 Å². The zero-order valence-corrected chi connectivity index (χ0v) is 9.13. The lowest BCUT2D eigenvalue weighted by Gasteiger charge is -2.26. The van der Waals surface area contributed by atoms with E-state index in [1.54, 1.807) is 6.92 Å². The topological polar surface area (TPSA) is 38.0 Å². The predicted octanol–water partition coefficient (Wildman–Crippen LogP) is 2.68. The van der Waals surface area contributed by atoms with E-state index < -0.39 is 29.9 Å². The van der Waals surface area contributed by atoms with Gasteiger partial charge in [0, 0.05) is 18.3 Å². The number of rotatable bonds is 3. The number of hydrogen-bond donors (Lipinski definition) is 1. The highest BCUT2D eigenvalue weighted by molar-refractivity contribution is 5.11. The lowest BCUT2D eigenvalue weighted by molar-refractivity contribution is -0.307. The Kier molecular flexibility index (Phi) is 3.94. The van der Waals surface area contributed by atoms with Gasteiger partial charge < -0.3 is 5.11 Å². The van der Waals surface area contributed by atoms with Crippen LogP contribution < -0.4 is 0 Å². The normalized spacial score (nSPS) is 15.2. The van der Waals surface area contributed by atoms with Crippen LogP contribution in [0.4, 0.5) is 26.3 Å². The third-order valence-corrected chi connectivity index (χ3v) is 2.34. The largest absolute Gasteiger partial charge is 0.403 e. The summed E-state index contributed by atoms with van der Waals surface area (Å²) in [5.41, 5.74) is -0.517. The van der Waals surface area contributed by atoms with Crippen molar-refractivity contribution in [3.8, 4) is 0 Å². The maximum absolute atomic E-state index is 12.3. The molecule has 104 valence electrons. The summed E-state index contributed by atoms with van der Waals surface area (Å²) in [6.45, 7) is 1.88. The summed E-state index contributed by atoms with van der Waals surface area (Å²) in [5.74, 6) is -3.82. The molecule has 0 aliphatic rings. The fourth-order valence-corrected chi connectivity index (χ4v) is 1.44. The fourth-order valence-electron chi connectivity index (χ4n) is 1.44. The Bertz CT molecular complexity index is 382. The van der Waals surface area contributed by atoms with Crippen LogP contribution in [-0.2, 0) is 6.54 Å². The van der Waals surface area contributed by atoms with Crippen molar-refractivity contribution in [1.82, 2.24) is 9.78 Å². The van der Waals surface area contributed by atoms with Gasteiger partial charge in [0.25, 0.3) is 0 Å². The Hall–Kier alpha value is -1.25. The second-order valence-electron chi connectivity index (χ2n) is 3.64. The maximum atomic E-state index is 12.3. The molecule has 1 atom stereocenters. The van der Waals surface area contributed by atoms with Crippen LogP contribution >= 0.6 is 0 Å². The third kappa shape index (κ3) is 3.15. The number of aryl methyl sites for hydroxylation is 1. The van der Waals surface area contributed by atoms with Crippen molar-refractivity contribution in [3.05, 3.63) is 18.0 Å². The van der Waals surface area contributed by atoms with Gasteiger partial charge in [-0.1, -0.05) is 0 Å². The Morgan fingerprint density at radius 1 is 1.22 bits per heavy atom.